The number of aliphatic carboxylic acids is 1. The lowest BCUT2D eigenvalue weighted by Gasteiger charge is -2.21. The molecule has 106 valence electrons. The first-order valence-electron chi connectivity index (χ1n) is 6.18. The maximum atomic E-state index is 12.4. The minimum atomic E-state index is -1.12. The number of ether oxygens (including phenoxy) is 2. The average molecular weight is 279 g/mol. The predicted octanol–water partition coefficient (Wildman–Crippen LogP) is 0.0753. The molecule has 2 heterocycles. The molecule has 1 saturated heterocycles. The second-order valence-electron chi connectivity index (χ2n) is 4.77. The topological polar surface area (TPSA) is 96.3 Å². The molecule has 0 bridgehead atoms. The number of carboxylic acids is 1. The van der Waals surface area contributed by atoms with E-state index in [1.54, 1.807) is 12.1 Å². The largest absolute Gasteiger partial charge is 0.480 e. The van der Waals surface area contributed by atoms with Crippen molar-refractivity contribution in [3.8, 4) is 11.5 Å². The lowest BCUT2D eigenvalue weighted by atomic mass is 10.1. The summed E-state index contributed by atoms with van der Waals surface area (Å²) in [5, 5.41) is 18.7. The number of hydrogen-bond acceptors (Lipinski definition) is 5. The van der Waals surface area contributed by atoms with E-state index in [1.807, 2.05) is 0 Å². The van der Waals surface area contributed by atoms with Gasteiger partial charge in [0.2, 0.25) is 6.79 Å². The molecule has 1 aromatic rings. The van der Waals surface area contributed by atoms with Gasteiger partial charge in [0.25, 0.3) is 5.91 Å². The smallest absolute Gasteiger partial charge is 0.326 e. The van der Waals surface area contributed by atoms with Crippen LogP contribution in [0.15, 0.2) is 18.2 Å². The van der Waals surface area contributed by atoms with Crippen molar-refractivity contribution in [1.29, 1.82) is 0 Å². The highest BCUT2D eigenvalue weighted by Crippen LogP contribution is 2.33. The summed E-state index contributed by atoms with van der Waals surface area (Å²) in [6, 6.07) is 3.69. The van der Waals surface area contributed by atoms with Crippen molar-refractivity contribution in [1.82, 2.24) is 4.90 Å². The van der Waals surface area contributed by atoms with Crippen molar-refractivity contribution in [2.24, 2.45) is 0 Å². The molecule has 0 aromatic heterocycles. The number of carboxylic acid groups (broad SMARTS) is 1. The molecule has 2 aliphatic rings. The Balaban J connectivity index is 1.86. The van der Waals surface area contributed by atoms with E-state index in [0.717, 1.165) is 0 Å². The van der Waals surface area contributed by atoms with Crippen LogP contribution in [0.2, 0.25) is 0 Å². The molecule has 2 N–H and O–H groups in total. The maximum absolute atomic E-state index is 12.4. The number of β-amino-alcohol motifs (C(OH)–C–C–N with tert-alkyl or cyclic N) is 1. The number of hydrogen-bond donors (Lipinski definition) is 2. The molecule has 0 unspecified atom stereocenters. The second kappa shape index (κ2) is 4.68. The van der Waals surface area contributed by atoms with Gasteiger partial charge in [0.15, 0.2) is 11.5 Å². The minimum Gasteiger partial charge on any atom is -0.480 e. The summed E-state index contributed by atoms with van der Waals surface area (Å²) in [5.74, 6) is -0.539. The molecule has 0 radical (unpaired) electrons. The average Bonchev–Trinajstić information content (AvgIpc) is 3.02. The molecular weight excluding hydrogens is 266 g/mol. The number of carbonyl (C=O) groups excluding carboxylic acids is 1. The Hall–Kier alpha value is -2.28. The van der Waals surface area contributed by atoms with Crippen LogP contribution in [0.3, 0.4) is 0 Å². The summed E-state index contributed by atoms with van der Waals surface area (Å²) >= 11 is 0. The Morgan fingerprint density at radius 1 is 1.25 bits per heavy atom. The van der Waals surface area contributed by atoms with Gasteiger partial charge >= 0.3 is 5.97 Å². The molecule has 1 fully saturated rings. The fourth-order valence-corrected chi connectivity index (χ4v) is 2.47. The molecule has 3 rings (SSSR count). The fourth-order valence-electron chi connectivity index (χ4n) is 2.47. The molecule has 2 aliphatic heterocycles. The van der Waals surface area contributed by atoms with Gasteiger partial charge in [0.1, 0.15) is 6.04 Å². The highest BCUT2D eigenvalue weighted by Gasteiger charge is 2.39. The second-order valence-corrected chi connectivity index (χ2v) is 4.77. The molecule has 0 spiro atoms. The first-order chi connectivity index (χ1) is 9.56. The monoisotopic (exact) mass is 279 g/mol. The highest BCUT2D eigenvalue weighted by molar-refractivity contribution is 5.97. The van der Waals surface area contributed by atoms with Crippen LogP contribution in [-0.2, 0) is 4.79 Å². The van der Waals surface area contributed by atoms with Gasteiger partial charge in [0, 0.05) is 18.5 Å². The molecule has 1 amide bonds. The zero-order valence-corrected chi connectivity index (χ0v) is 10.5. The standard InChI is InChI=1S/C13H13NO6/c15-8-4-9(13(17)18)14(5-8)12(16)7-1-2-10-11(3-7)20-6-19-10/h1-3,8-9,15H,4-6H2,(H,17,18)/t8-,9+/m1/s1. The third-order valence-electron chi connectivity index (χ3n) is 3.44. The molecule has 7 nitrogen and oxygen atoms in total. The van der Waals surface area contributed by atoms with Gasteiger partial charge in [-0.05, 0) is 18.2 Å². The highest BCUT2D eigenvalue weighted by atomic mass is 16.7. The zero-order valence-electron chi connectivity index (χ0n) is 10.5. The van der Waals surface area contributed by atoms with Gasteiger partial charge in [-0.25, -0.2) is 4.79 Å². The van der Waals surface area contributed by atoms with E-state index in [0.29, 0.717) is 17.1 Å². The van der Waals surface area contributed by atoms with E-state index in [1.165, 1.54) is 11.0 Å². The lowest BCUT2D eigenvalue weighted by Crippen LogP contribution is -2.40. The summed E-state index contributed by atoms with van der Waals surface area (Å²) < 4.78 is 10.3. The van der Waals surface area contributed by atoms with E-state index in [-0.39, 0.29) is 19.8 Å². The Morgan fingerprint density at radius 3 is 2.75 bits per heavy atom. The van der Waals surface area contributed by atoms with Crippen LogP contribution in [0.1, 0.15) is 16.8 Å². The van der Waals surface area contributed by atoms with Gasteiger partial charge in [-0.3, -0.25) is 4.79 Å². The number of benzene rings is 1. The van der Waals surface area contributed by atoms with Crippen LogP contribution in [0.25, 0.3) is 0 Å². The fraction of sp³-hybridized carbons (Fsp3) is 0.385. The van der Waals surface area contributed by atoms with Crippen molar-refractivity contribution < 1.29 is 29.3 Å². The van der Waals surface area contributed by atoms with Crippen LogP contribution in [0, 0.1) is 0 Å². The Morgan fingerprint density at radius 2 is 2.00 bits per heavy atom. The van der Waals surface area contributed by atoms with Crippen molar-refractivity contribution in [3.05, 3.63) is 23.8 Å². The number of aliphatic hydroxyl groups is 1. The SMILES string of the molecule is O=C(O)[C@@H]1C[C@@H](O)CN1C(=O)c1ccc2c(c1)OCO2. The third-order valence-corrected chi connectivity index (χ3v) is 3.44. The van der Waals surface area contributed by atoms with Crippen LogP contribution < -0.4 is 9.47 Å². The number of likely N-dealkylation sites (tertiary alicyclic amines) is 1. The van der Waals surface area contributed by atoms with Gasteiger partial charge < -0.3 is 24.6 Å². The number of aliphatic hydroxyl groups excluding tert-OH is 1. The van der Waals surface area contributed by atoms with Gasteiger partial charge in [-0.1, -0.05) is 0 Å². The maximum Gasteiger partial charge on any atom is 0.326 e. The van der Waals surface area contributed by atoms with Crippen molar-refractivity contribution in [2.75, 3.05) is 13.3 Å². The Labute approximate surface area is 114 Å². The Bertz CT molecular complexity index is 572. The zero-order chi connectivity index (χ0) is 14.3. The van der Waals surface area contributed by atoms with E-state index in [2.05, 4.69) is 0 Å². The van der Waals surface area contributed by atoms with E-state index < -0.39 is 24.0 Å². The van der Waals surface area contributed by atoms with Gasteiger partial charge in [-0.15, -0.1) is 0 Å². The van der Waals surface area contributed by atoms with Crippen molar-refractivity contribution in [3.63, 3.8) is 0 Å². The summed E-state index contributed by atoms with van der Waals surface area (Å²) in [7, 11) is 0. The van der Waals surface area contributed by atoms with Gasteiger partial charge in [-0.2, -0.15) is 0 Å². The van der Waals surface area contributed by atoms with Crippen LogP contribution in [-0.4, -0.2) is 52.5 Å². The van der Waals surface area contributed by atoms with E-state index in [4.69, 9.17) is 14.6 Å². The number of fused-ring (bicyclic) bond motifs is 1. The number of nitrogens with zero attached hydrogens (tertiary/aromatic N) is 1. The molecule has 0 saturated carbocycles. The molecule has 20 heavy (non-hydrogen) atoms. The first kappa shape index (κ1) is 12.7. The summed E-state index contributed by atoms with van der Waals surface area (Å²) in [4.78, 5) is 24.7. The Kier molecular flexibility index (Phi) is 2.98. The summed E-state index contributed by atoms with van der Waals surface area (Å²) in [6.07, 6.45) is -0.764. The van der Waals surface area contributed by atoms with E-state index >= 15 is 0 Å². The quantitative estimate of drug-likeness (QED) is 0.795. The van der Waals surface area contributed by atoms with E-state index in [9.17, 15) is 14.7 Å². The minimum absolute atomic E-state index is 0.0181. The lowest BCUT2D eigenvalue weighted by molar-refractivity contribution is -0.141. The third kappa shape index (κ3) is 2.05. The number of carbonyl (C=O) groups is 2. The molecule has 0 aliphatic carbocycles. The van der Waals surface area contributed by atoms with Crippen molar-refractivity contribution in [2.45, 2.75) is 18.6 Å². The number of rotatable bonds is 2. The number of amides is 1. The first-order valence-corrected chi connectivity index (χ1v) is 6.18. The predicted molar refractivity (Wildman–Crippen MR) is 65.6 cm³/mol. The van der Waals surface area contributed by atoms with Crippen LogP contribution >= 0.6 is 0 Å². The van der Waals surface area contributed by atoms with Gasteiger partial charge in [0.05, 0.1) is 6.10 Å². The normalized spacial score (nSPS) is 23.9. The van der Waals surface area contributed by atoms with Crippen LogP contribution in [0.4, 0.5) is 0 Å². The summed E-state index contributed by atoms with van der Waals surface area (Å²) in [6.45, 7) is 0.122. The summed E-state index contributed by atoms with van der Waals surface area (Å²) in [5.41, 5.74) is 0.314. The molecule has 1 aromatic carbocycles. The molecular formula is C13H13NO6. The van der Waals surface area contributed by atoms with Crippen molar-refractivity contribution >= 4 is 11.9 Å². The molecule has 2 atom stereocenters. The molecule has 7 heteroatoms. The van der Waals surface area contributed by atoms with Crippen LogP contribution in [0.5, 0.6) is 11.5 Å².